The Bertz CT molecular complexity index is 2270. The summed E-state index contributed by atoms with van der Waals surface area (Å²) in [5.74, 6) is 0.979. The average molecular weight is 649 g/mol. The van der Waals surface area contributed by atoms with E-state index in [9.17, 15) is 0 Å². The maximum Gasteiger partial charge on any atom is 0.0893 e. The summed E-state index contributed by atoms with van der Waals surface area (Å²) < 4.78 is 0. The van der Waals surface area contributed by atoms with Gasteiger partial charge in [0.25, 0.3) is 0 Å². The van der Waals surface area contributed by atoms with Crippen LogP contribution in [0.5, 0.6) is 0 Å². The summed E-state index contributed by atoms with van der Waals surface area (Å²) in [6, 6.07) is 36.7. The molecule has 4 heteroatoms. The number of hydrogen-bond acceptors (Lipinski definition) is 4. The quantitative estimate of drug-likeness (QED) is 0.199. The number of nitrogens with zero attached hydrogens (tertiary/aromatic N) is 3. The van der Waals surface area contributed by atoms with Gasteiger partial charge < -0.3 is 5.32 Å². The predicted molar refractivity (Wildman–Crippen MR) is 206 cm³/mol. The van der Waals surface area contributed by atoms with Crippen molar-refractivity contribution in [3.63, 3.8) is 0 Å². The van der Waals surface area contributed by atoms with Crippen LogP contribution in [0.25, 0.3) is 22.3 Å². The lowest BCUT2D eigenvalue weighted by molar-refractivity contribution is 0.497. The Balaban J connectivity index is 1.04. The number of pyridine rings is 2. The lowest BCUT2D eigenvalue weighted by Gasteiger charge is -2.37. The molecule has 0 fully saturated rings. The standard InChI is InChI=1S/C46H40N4/c1-2-30-21-25-41(50-46(30)45-29-39(31-12-4-3-5-13-31)37-16-8-9-17-40(37)48-45)38-24-23-34(35-14-6-7-15-36(35)38)33-20-19-32-22-26-43(49-44(32)28-33)42-18-10-11-27-47-42/h3-5,7-13,15-28,34-35,39,41,50H,2,6,14,29H2,1H3. The van der Waals surface area contributed by atoms with Crippen molar-refractivity contribution in [2.45, 2.75) is 50.5 Å². The fourth-order valence-electron chi connectivity index (χ4n) is 8.37. The molecule has 0 spiro atoms. The third-order valence-corrected chi connectivity index (χ3v) is 10.9. The number of fused-ring (bicyclic) bond motifs is 3. The Kier molecular flexibility index (Phi) is 7.93. The van der Waals surface area contributed by atoms with Crippen LogP contribution < -0.4 is 5.32 Å². The predicted octanol–water partition coefficient (Wildman–Crippen LogP) is 10.7. The summed E-state index contributed by atoms with van der Waals surface area (Å²) in [4.78, 5) is 14.9. The smallest absolute Gasteiger partial charge is 0.0893 e. The monoisotopic (exact) mass is 648 g/mol. The zero-order chi connectivity index (χ0) is 33.4. The van der Waals surface area contributed by atoms with Gasteiger partial charge in [-0.2, -0.15) is 0 Å². The molecule has 9 rings (SSSR count). The van der Waals surface area contributed by atoms with Crippen LogP contribution >= 0.6 is 0 Å². The average Bonchev–Trinajstić information content (AvgIpc) is 3.20. The molecule has 0 bridgehead atoms. The van der Waals surface area contributed by atoms with Gasteiger partial charge in [0, 0.05) is 29.8 Å². The molecule has 1 N–H and O–H groups in total. The first-order chi connectivity index (χ1) is 24.7. The summed E-state index contributed by atoms with van der Waals surface area (Å²) in [6.45, 7) is 2.25. The molecular formula is C46H40N4. The first kappa shape index (κ1) is 30.4. The third kappa shape index (κ3) is 5.55. The highest BCUT2D eigenvalue weighted by Gasteiger charge is 2.34. The van der Waals surface area contributed by atoms with Gasteiger partial charge in [-0.3, -0.25) is 9.98 Å². The zero-order valence-electron chi connectivity index (χ0n) is 28.3. The molecule has 2 aromatic heterocycles. The lowest BCUT2D eigenvalue weighted by Crippen LogP contribution is -2.37. The van der Waals surface area contributed by atoms with Gasteiger partial charge in [0.2, 0.25) is 0 Å². The van der Waals surface area contributed by atoms with Gasteiger partial charge in [-0.1, -0.05) is 116 Å². The van der Waals surface area contributed by atoms with Crippen molar-refractivity contribution in [3.8, 4) is 11.4 Å². The molecule has 0 radical (unpaired) electrons. The van der Waals surface area contributed by atoms with E-state index in [2.05, 4.69) is 139 Å². The summed E-state index contributed by atoms with van der Waals surface area (Å²) in [6.07, 6.45) is 20.2. The second-order valence-corrected chi connectivity index (χ2v) is 13.8. The van der Waals surface area contributed by atoms with Gasteiger partial charge in [-0.25, -0.2) is 4.98 Å². The Morgan fingerprint density at radius 2 is 1.62 bits per heavy atom. The van der Waals surface area contributed by atoms with Gasteiger partial charge in [-0.15, -0.1) is 0 Å². The normalized spacial score (nSPS) is 22.6. The summed E-state index contributed by atoms with van der Waals surface area (Å²) in [5.41, 5.74) is 14.3. The highest BCUT2D eigenvalue weighted by molar-refractivity contribution is 6.04. The number of rotatable bonds is 6. The summed E-state index contributed by atoms with van der Waals surface area (Å²) >= 11 is 0. The highest BCUT2D eigenvalue weighted by Crippen LogP contribution is 2.45. The summed E-state index contributed by atoms with van der Waals surface area (Å²) in [5, 5.41) is 5.18. The van der Waals surface area contributed by atoms with E-state index in [0.717, 1.165) is 59.4 Å². The first-order valence-corrected chi connectivity index (χ1v) is 18.0. The van der Waals surface area contributed by atoms with E-state index < -0.39 is 0 Å². The number of dihydropyridines is 1. The number of aliphatic imine (C=N–C) groups is 1. The second kappa shape index (κ2) is 13.0. The van der Waals surface area contributed by atoms with Crippen molar-refractivity contribution in [2.24, 2.45) is 10.9 Å². The van der Waals surface area contributed by atoms with E-state index in [1.807, 2.05) is 24.4 Å². The molecule has 2 aliphatic heterocycles. The minimum absolute atomic E-state index is 0.0759. The van der Waals surface area contributed by atoms with Crippen LogP contribution in [-0.4, -0.2) is 21.7 Å². The van der Waals surface area contributed by atoms with Gasteiger partial charge in [0.05, 0.1) is 40.0 Å². The minimum atomic E-state index is 0.0759. The first-order valence-electron chi connectivity index (χ1n) is 18.0. The Hall–Kier alpha value is -5.61. The molecule has 4 nitrogen and oxygen atoms in total. The van der Waals surface area contributed by atoms with Crippen LogP contribution in [0.15, 0.2) is 173 Å². The van der Waals surface area contributed by atoms with E-state index in [0.29, 0.717) is 11.8 Å². The van der Waals surface area contributed by atoms with Crippen molar-refractivity contribution in [2.75, 3.05) is 0 Å². The molecule has 4 atom stereocenters. The molecule has 3 aromatic carbocycles. The molecular weight excluding hydrogens is 609 g/mol. The molecule has 244 valence electrons. The fourth-order valence-corrected chi connectivity index (χ4v) is 8.37. The van der Waals surface area contributed by atoms with Gasteiger partial charge in [0.15, 0.2) is 0 Å². The number of hydrogen-bond donors (Lipinski definition) is 1. The Labute approximate surface area is 294 Å². The van der Waals surface area contributed by atoms with Gasteiger partial charge in [-0.05, 0) is 88.9 Å². The van der Waals surface area contributed by atoms with E-state index in [1.54, 1.807) is 0 Å². The molecule has 4 aliphatic rings. The molecule has 50 heavy (non-hydrogen) atoms. The molecule has 0 saturated carbocycles. The minimum Gasteiger partial charge on any atom is -0.373 e. The number of nitrogens with one attached hydrogen (secondary N) is 1. The van der Waals surface area contributed by atoms with Crippen LogP contribution in [0.4, 0.5) is 5.69 Å². The topological polar surface area (TPSA) is 50.2 Å². The Morgan fingerprint density at radius 3 is 2.50 bits per heavy atom. The largest absolute Gasteiger partial charge is 0.373 e. The number of aromatic nitrogens is 2. The molecule has 4 heterocycles. The maximum atomic E-state index is 5.31. The zero-order valence-corrected chi connectivity index (χ0v) is 28.3. The van der Waals surface area contributed by atoms with E-state index in [-0.39, 0.29) is 12.0 Å². The lowest BCUT2D eigenvalue weighted by atomic mass is 9.70. The SMILES string of the molecule is CCC1=C(C2=Nc3ccccc3C(c3ccccc3)C2)NC(C2=C3C=CCCC3C(c3ccc4ccc(-c5ccccn5)nc4c3)C=C2)C=C1. The van der Waals surface area contributed by atoms with Crippen LogP contribution in [0, 0.1) is 5.92 Å². The second-order valence-electron chi connectivity index (χ2n) is 13.8. The van der Waals surface area contributed by atoms with Crippen molar-refractivity contribution in [1.29, 1.82) is 0 Å². The van der Waals surface area contributed by atoms with Crippen molar-refractivity contribution < 1.29 is 0 Å². The van der Waals surface area contributed by atoms with Crippen molar-refractivity contribution in [1.82, 2.24) is 15.3 Å². The molecule has 4 unspecified atom stereocenters. The van der Waals surface area contributed by atoms with E-state index in [1.165, 1.54) is 39.1 Å². The molecule has 2 aliphatic carbocycles. The molecule has 5 aromatic rings. The highest BCUT2D eigenvalue weighted by atomic mass is 15.0. The van der Waals surface area contributed by atoms with Gasteiger partial charge >= 0.3 is 0 Å². The van der Waals surface area contributed by atoms with E-state index >= 15 is 0 Å². The van der Waals surface area contributed by atoms with Crippen LogP contribution in [0.1, 0.15) is 61.1 Å². The number of para-hydroxylation sites is 1. The van der Waals surface area contributed by atoms with Crippen molar-refractivity contribution in [3.05, 3.63) is 185 Å². The Morgan fingerprint density at radius 1 is 0.760 bits per heavy atom. The van der Waals surface area contributed by atoms with Crippen LogP contribution in [0.2, 0.25) is 0 Å². The van der Waals surface area contributed by atoms with E-state index in [4.69, 9.17) is 9.98 Å². The molecule has 0 saturated heterocycles. The third-order valence-electron chi connectivity index (χ3n) is 10.9. The maximum absolute atomic E-state index is 5.31. The number of benzene rings is 3. The van der Waals surface area contributed by atoms with Crippen molar-refractivity contribution >= 4 is 22.3 Å². The summed E-state index contributed by atoms with van der Waals surface area (Å²) in [7, 11) is 0. The molecule has 0 amide bonds. The van der Waals surface area contributed by atoms with Gasteiger partial charge in [0.1, 0.15) is 0 Å². The fraction of sp³-hybridized carbons (Fsp3) is 0.196. The van der Waals surface area contributed by atoms with Crippen LogP contribution in [-0.2, 0) is 0 Å². The number of allylic oxidation sites excluding steroid dienone is 7. The van der Waals surface area contributed by atoms with Crippen LogP contribution in [0.3, 0.4) is 0 Å².